The third kappa shape index (κ3) is 2.44. The van der Waals surface area contributed by atoms with Gasteiger partial charge in [-0.25, -0.2) is 4.98 Å². The van der Waals surface area contributed by atoms with Crippen molar-refractivity contribution in [1.29, 1.82) is 0 Å². The molecule has 2 aromatic heterocycles. The monoisotopic (exact) mass is 233 g/mol. The van der Waals surface area contributed by atoms with Crippen LogP contribution in [0.4, 0.5) is 5.82 Å². The van der Waals surface area contributed by atoms with Gasteiger partial charge in [0.05, 0.1) is 4.88 Å². The smallest absolute Gasteiger partial charge is 0.266 e. The maximum Gasteiger partial charge on any atom is 0.266 e. The predicted octanol–water partition coefficient (Wildman–Crippen LogP) is 1.85. The summed E-state index contributed by atoms with van der Waals surface area (Å²) in [5, 5.41) is 4.58. The second-order valence-electron chi connectivity index (χ2n) is 3.19. The van der Waals surface area contributed by atoms with E-state index in [2.05, 4.69) is 10.3 Å². The SMILES string of the molecule is NCc1ccc(NC(=O)c2cccs2)nc1. The molecule has 0 bridgehead atoms. The molecule has 0 unspecified atom stereocenters. The summed E-state index contributed by atoms with van der Waals surface area (Å²) in [6.07, 6.45) is 1.66. The molecule has 2 heterocycles. The average molecular weight is 233 g/mol. The van der Waals surface area contributed by atoms with Crippen LogP contribution in [0.25, 0.3) is 0 Å². The zero-order chi connectivity index (χ0) is 11.4. The second-order valence-corrected chi connectivity index (χ2v) is 4.13. The van der Waals surface area contributed by atoms with Crippen molar-refractivity contribution in [2.75, 3.05) is 5.32 Å². The zero-order valence-corrected chi connectivity index (χ0v) is 9.33. The minimum atomic E-state index is -0.136. The van der Waals surface area contributed by atoms with Crippen LogP contribution in [-0.4, -0.2) is 10.9 Å². The van der Waals surface area contributed by atoms with E-state index in [9.17, 15) is 4.79 Å². The van der Waals surface area contributed by atoms with E-state index in [0.29, 0.717) is 17.2 Å². The van der Waals surface area contributed by atoms with Crippen LogP contribution in [0.5, 0.6) is 0 Å². The van der Waals surface area contributed by atoms with Crippen LogP contribution in [0.15, 0.2) is 35.8 Å². The number of hydrogen-bond acceptors (Lipinski definition) is 4. The van der Waals surface area contributed by atoms with Crippen molar-refractivity contribution < 1.29 is 4.79 Å². The van der Waals surface area contributed by atoms with Crippen molar-refractivity contribution in [3.63, 3.8) is 0 Å². The van der Waals surface area contributed by atoms with Crippen molar-refractivity contribution in [2.45, 2.75) is 6.54 Å². The lowest BCUT2D eigenvalue weighted by atomic mass is 10.3. The third-order valence-corrected chi connectivity index (χ3v) is 2.92. The molecule has 0 aliphatic rings. The first-order valence-electron chi connectivity index (χ1n) is 4.79. The second kappa shape index (κ2) is 4.87. The molecule has 0 saturated carbocycles. The van der Waals surface area contributed by atoms with E-state index in [-0.39, 0.29) is 5.91 Å². The van der Waals surface area contributed by atoms with Gasteiger partial charge in [-0.3, -0.25) is 4.79 Å². The summed E-state index contributed by atoms with van der Waals surface area (Å²) in [4.78, 5) is 16.4. The number of carbonyl (C=O) groups excluding carboxylic acids is 1. The van der Waals surface area contributed by atoms with Gasteiger partial charge in [0.2, 0.25) is 0 Å². The zero-order valence-electron chi connectivity index (χ0n) is 8.51. The van der Waals surface area contributed by atoms with E-state index in [1.807, 2.05) is 17.5 Å². The molecule has 16 heavy (non-hydrogen) atoms. The number of rotatable bonds is 3. The Morgan fingerprint density at radius 3 is 2.88 bits per heavy atom. The quantitative estimate of drug-likeness (QED) is 0.850. The van der Waals surface area contributed by atoms with Gasteiger partial charge in [-0.15, -0.1) is 11.3 Å². The summed E-state index contributed by atoms with van der Waals surface area (Å²) in [6.45, 7) is 0.451. The Kier molecular flexibility index (Phi) is 3.28. The van der Waals surface area contributed by atoms with E-state index in [1.54, 1.807) is 18.3 Å². The number of hydrogen-bond donors (Lipinski definition) is 2. The van der Waals surface area contributed by atoms with Crippen molar-refractivity contribution in [3.05, 3.63) is 46.3 Å². The molecule has 0 radical (unpaired) electrons. The molecule has 0 fully saturated rings. The predicted molar refractivity (Wildman–Crippen MR) is 64.4 cm³/mol. The highest BCUT2D eigenvalue weighted by Gasteiger charge is 2.06. The number of aromatic nitrogens is 1. The number of nitrogens with one attached hydrogen (secondary N) is 1. The maximum absolute atomic E-state index is 11.7. The lowest BCUT2D eigenvalue weighted by molar-refractivity contribution is 0.103. The standard InChI is InChI=1S/C11H11N3OS/c12-6-8-3-4-10(13-7-8)14-11(15)9-2-1-5-16-9/h1-5,7H,6,12H2,(H,13,14,15). The Bertz CT molecular complexity index is 464. The number of amides is 1. The van der Waals surface area contributed by atoms with Gasteiger partial charge < -0.3 is 11.1 Å². The highest BCUT2D eigenvalue weighted by atomic mass is 32.1. The number of nitrogens with zero attached hydrogens (tertiary/aromatic N) is 1. The fraction of sp³-hybridized carbons (Fsp3) is 0.0909. The van der Waals surface area contributed by atoms with Crippen LogP contribution in [0.1, 0.15) is 15.2 Å². The molecule has 2 aromatic rings. The highest BCUT2D eigenvalue weighted by molar-refractivity contribution is 7.12. The lowest BCUT2D eigenvalue weighted by Gasteiger charge is -2.03. The largest absolute Gasteiger partial charge is 0.326 e. The molecule has 0 saturated heterocycles. The fourth-order valence-corrected chi connectivity index (χ4v) is 1.82. The highest BCUT2D eigenvalue weighted by Crippen LogP contribution is 2.11. The first-order valence-corrected chi connectivity index (χ1v) is 5.67. The normalized spacial score (nSPS) is 10.1. The minimum absolute atomic E-state index is 0.136. The Balaban J connectivity index is 2.06. The molecular formula is C11H11N3OS. The summed E-state index contributed by atoms with van der Waals surface area (Å²) in [5.41, 5.74) is 6.39. The van der Waals surface area contributed by atoms with Gasteiger partial charge >= 0.3 is 0 Å². The van der Waals surface area contributed by atoms with Crippen LogP contribution in [0.2, 0.25) is 0 Å². The van der Waals surface area contributed by atoms with Crippen LogP contribution < -0.4 is 11.1 Å². The maximum atomic E-state index is 11.7. The van der Waals surface area contributed by atoms with Crippen LogP contribution in [0.3, 0.4) is 0 Å². The molecule has 3 N–H and O–H groups in total. The summed E-state index contributed by atoms with van der Waals surface area (Å²) in [7, 11) is 0. The van der Waals surface area contributed by atoms with Gasteiger partial charge in [-0.05, 0) is 23.1 Å². The number of pyridine rings is 1. The molecule has 4 nitrogen and oxygen atoms in total. The van der Waals surface area contributed by atoms with Gasteiger partial charge in [0.15, 0.2) is 0 Å². The van der Waals surface area contributed by atoms with Gasteiger partial charge in [0, 0.05) is 12.7 Å². The summed E-state index contributed by atoms with van der Waals surface area (Å²) >= 11 is 1.40. The molecular weight excluding hydrogens is 222 g/mol. The minimum Gasteiger partial charge on any atom is -0.326 e. The van der Waals surface area contributed by atoms with Crippen molar-refractivity contribution in [3.8, 4) is 0 Å². The van der Waals surface area contributed by atoms with Crippen LogP contribution >= 0.6 is 11.3 Å². The lowest BCUT2D eigenvalue weighted by Crippen LogP contribution is -2.11. The number of nitrogens with two attached hydrogens (primary N) is 1. The summed E-state index contributed by atoms with van der Waals surface area (Å²) < 4.78 is 0. The Morgan fingerprint density at radius 2 is 2.31 bits per heavy atom. The Labute approximate surface area is 97.1 Å². The van der Waals surface area contributed by atoms with E-state index < -0.39 is 0 Å². The number of anilines is 1. The Morgan fingerprint density at radius 1 is 1.44 bits per heavy atom. The van der Waals surface area contributed by atoms with Gasteiger partial charge in [0.1, 0.15) is 5.82 Å². The molecule has 0 spiro atoms. The summed E-state index contributed by atoms with van der Waals surface area (Å²) in [6, 6.07) is 7.20. The van der Waals surface area contributed by atoms with Crippen molar-refractivity contribution >= 4 is 23.1 Å². The molecule has 2 rings (SSSR count). The van der Waals surface area contributed by atoms with Crippen molar-refractivity contribution in [2.24, 2.45) is 5.73 Å². The van der Waals surface area contributed by atoms with Gasteiger partial charge in [0.25, 0.3) is 5.91 Å². The van der Waals surface area contributed by atoms with Crippen LogP contribution in [0, 0.1) is 0 Å². The molecule has 0 aliphatic carbocycles. The van der Waals surface area contributed by atoms with Crippen LogP contribution in [-0.2, 0) is 6.54 Å². The first-order chi connectivity index (χ1) is 7.79. The van der Waals surface area contributed by atoms with E-state index in [1.165, 1.54) is 11.3 Å². The van der Waals surface area contributed by atoms with Gasteiger partial charge in [-0.2, -0.15) is 0 Å². The van der Waals surface area contributed by atoms with E-state index >= 15 is 0 Å². The number of carbonyl (C=O) groups is 1. The topological polar surface area (TPSA) is 68.0 Å². The van der Waals surface area contributed by atoms with Crippen molar-refractivity contribution in [1.82, 2.24) is 4.98 Å². The molecule has 0 aromatic carbocycles. The van der Waals surface area contributed by atoms with E-state index in [4.69, 9.17) is 5.73 Å². The molecule has 0 atom stereocenters. The van der Waals surface area contributed by atoms with E-state index in [0.717, 1.165) is 5.56 Å². The molecule has 82 valence electrons. The van der Waals surface area contributed by atoms with Gasteiger partial charge in [-0.1, -0.05) is 12.1 Å². The third-order valence-electron chi connectivity index (χ3n) is 2.05. The number of thiophene rings is 1. The Hall–Kier alpha value is -1.72. The fourth-order valence-electron chi connectivity index (χ4n) is 1.20. The first kappa shape index (κ1) is 10.8. The summed E-state index contributed by atoms with van der Waals surface area (Å²) in [5.74, 6) is 0.401. The molecule has 1 amide bonds. The molecule has 5 heteroatoms. The average Bonchev–Trinajstić information content (AvgIpc) is 2.83. The molecule has 0 aliphatic heterocycles.